The molecular formula is C44H60N8O4S. The van der Waals surface area contributed by atoms with E-state index >= 15 is 0 Å². The van der Waals surface area contributed by atoms with Crippen LogP contribution in [-0.4, -0.2) is 65.6 Å². The fourth-order valence-electron chi connectivity index (χ4n) is 6.60. The Balaban J connectivity index is 0.000000218. The summed E-state index contributed by atoms with van der Waals surface area (Å²) in [7, 11) is -3.60. The first-order chi connectivity index (χ1) is 26.9. The van der Waals surface area contributed by atoms with Crippen LogP contribution in [0.5, 0.6) is 0 Å². The maximum absolute atomic E-state index is 13.6. The number of sulfonamides is 1. The minimum atomic E-state index is -3.60. The van der Waals surface area contributed by atoms with Crippen molar-refractivity contribution >= 4 is 27.0 Å². The number of benzene rings is 3. The molecule has 0 unspecified atom stereocenters. The van der Waals surface area contributed by atoms with E-state index in [0.717, 1.165) is 71.4 Å². The average Bonchev–Trinajstić information content (AvgIpc) is 3.60. The molecule has 1 aliphatic rings. The maximum atomic E-state index is 13.6. The molecule has 12 nitrogen and oxygen atoms in total. The van der Waals surface area contributed by atoms with Crippen LogP contribution in [0.2, 0.25) is 0 Å². The van der Waals surface area contributed by atoms with Gasteiger partial charge in [-0.05, 0) is 90.7 Å². The van der Waals surface area contributed by atoms with E-state index in [1.807, 2.05) is 73.8 Å². The van der Waals surface area contributed by atoms with Crippen molar-refractivity contribution in [3.05, 3.63) is 123 Å². The highest BCUT2D eigenvalue weighted by Gasteiger charge is 2.33. The van der Waals surface area contributed by atoms with Gasteiger partial charge in [0.25, 0.3) is 0 Å². The number of nitrogens with one attached hydrogen (secondary N) is 2. The van der Waals surface area contributed by atoms with Crippen molar-refractivity contribution in [2.45, 2.75) is 103 Å². The summed E-state index contributed by atoms with van der Waals surface area (Å²) in [5.74, 6) is 0.123. The number of aryl methyl sites for hydroxylation is 1. The lowest BCUT2D eigenvalue weighted by Gasteiger charge is -2.34. The number of fused-ring (bicyclic) bond motifs is 1. The molecule has 1 aliphatic heterocycles. The molecule has 3 aromatic carbocycles. The second kappa shape index (κ2) is 18.6. The molecule has 13 heteroatoms. The Morgan fingerprint density at radius 3 is 2.25 bits per heavy atom. The Morgan fingerprint density at radius 1 is 0.965 bits per heavy atom. The lowest BCUT2D eigenvalue weighted by molar-refractivity contribution is 0.0569. The SMILES string of the molecule is CC(C)(C)c1cc2cn(-c3ccc(CNCCCN=C(N)N)cc3)c(=O)nc2[nH]1.Cc1ccccc1CN(C1CCOCC1)S(=O)(=O)c1ccc(C(C)(C)C)cc1. The largest absolute Gasteiger partial charge is 0.381 e. The van der Waals surface area contributed by atoms with Gasteiger partial charge in [0.1, 0.15) is 5.65 Å². The predicted molar refractivity (Wildman–Crippen MR) is 230 cm³/mol. The van der Waals surface area contributed by atoms with Crippen molar-refractivity contribution in [2.75, 3.05) is 26.3 Å². The van der Waals surface area contributed by atoms with Gasteiger partial charge in [-0.2, -0.15) is 9.29 Å². The van der Waals surface area contributed by atoms with Crippen LogP contribution in [0.1, 0.15) is 88.8 Å². The van der Waals surface area contributed by atoms with E-state index in [9.17, 15) is 13.2 Å². The zero-order valence-corrected chi connectivity index (χ0v) is 35.3. The minimum Gasteiger partial charge on any atom is -0.381 e. The standard InChI is InChI=1S/C23H31NO3S.C21H29N7O/c1-18-7-5-6-8-19(18)17-24(21-13-15-27-16-14-21)28(25,26)22-11-9-20(10-12-22)23(2,3)4;1-21(2,3)17-11-15-13-28(20(29)27-18(15)26-17)16-7-5-14(6-8-16)12-24-9-4-10-25-19(22)23/h5-12,21H,13-17H2,1-4H3;5-8,11,13,24H,4,9-10,12H2,1-3H3,(H4,22,23,25)(H,26,27,29). The van der Waals surface area contributed by atoms with Gasteiger partial charge < -0.3 is 26.5 Å². The van der Waals surface area contributed by atoms with E-state index in [4.69, 9.17) is 16.2 Å². The Morgan fingerprint density at radius 2 is 1.63 bits per heavy atom. The van der Waals surface area contributed by atoms with Crippen LogP contribution in [0.3, 0.4) is 0 Å². The van der Waals surface area contributed by atoms with Gasteiger partial charge in [0.05, 0.1) is 10.6 Å². The van der Waals surface area contributed by atoms with Crippen LogP contribution >= 0.6 is 0 Å². The van der Waals surface area contributed by atoms with Crippen LogP contribution in [0.25, 0.3) is 16.7 Å². The average molecular weight is 797 g/mol. The van der Waals surface area contributed by atoms with Crippen molar-refractivity contribution in [3.63, 3.8) is 0 Å². The first kappa shape index (κ1) is 43.3. The number of hydrogen-bond acceptors (Lipinski definition) is 7. The van der Waals surface area contributed by atoms with E-state index in [1.54, 1.807) is 21.0 Å². The van der Waals surface area contributed by atoms with Gasteiger partial charge in [-0.15, -0.1) is 0 Å². The predicted octanol–water partition coefficient (Wildman–Crippen LogP) is 6.43. The number of aromatic amines is 1. The summed E-state index contributed by atoms with van der Waals surface area (Å²) in [6, 6.07) is 25.3. The van der Waals surface area contributed by atoms with Crippen LogP contribution in [0.15, 0.2) is 99.7 Å². The molecule has 306 valence electrons. The van der Waals surface area contributed by atoms with Crippen molar-refractivity contribution in [2.24, 2.45) is 16.5 Å². The molecule has 0 spiro atoms. The van der Waals surface area contributed by atoms with Gasteiger partial charge in [0, 0.05) is 61.6 Å². The molecule has 5 aromatic rings. The van der Waals surface area contributed by atoms with Crippen molar-refractivity contribution in [3.8, 4) is 5.69 Å². The van der Waals surface area contributed by atoms with E-state index in [0.29, 0.717) is 36.8 Å². The molecule has 0 radical (unpaired) electrons. The summed E-state index contributed by atoms with van der Waals surface area (Å²) in [5, 5.41) is 4.27. The lowest BCUT2D eigenvalue weighted by atomic mass is 9.87. The highest BCUT2D eigenvalue weighted by molar-refractivity contribution is 7.89. The molecule has 0 amide bonds. The second-order valence-corrected chi connectivity index (χ2v) is 18.6. The van der Waals surface area contributed by atoms with Crippen molar-refractivity contribution in [1.82, 2.24) is 24.2 Å². The molecule has 0 saturated carbocycles. The molecule has 0 atom stereocenters. The number of nitrogens with two attached hydrogens (primary N) is 2. The summed E-state index contributed by atoms with van der Waals surface area (Å²) in [6.07, 6.45) is 4.16. The third-order valence-corrected chi connectivity index (χ3v) is 12.1. The normalized spacial score (nSPS) is 14.0. The number of ether oxygens (including phenoxy) is 1. The van der Waals surface area contributed by atoms with Crippen LogP contribution in [-0.2, 0) is 38.7 Å². The third-order valence-electron chi connectivity index (χ3n) is 10.2. The summed E-state index contributed by atoms with van der Waals surface area (Å²) in [5.41, 5.74) is 17.1. The first-order valence-electron chi connectivity index (χ1n) is 19.7. The fraction of sp³-hybridized carbons (Fsp3) is 0.432. The Kier molecular flexibility index (Phi) is 14.2. The molecule has 3 heterocycles. The summed E-state index contributed by atoms with van der Waals surface area (Å²) in [4.78, 5) is 24.3. The molecule has 2 aromatic heterocycles. The highest BCUT2D eigenvalue weighted by atomic mass is 32.2. The zero-order chi connectivity index (χ0) is 41.4. The van der Waals surface area contributed by atoms with E-state index in [1.165, 1.54) is 0 Å². The Hall–Kier alpha value is -4.82. The first-order valence-corrected chi connectivity index (χ1v) is 21.1. The molecule has 1 saturated heterocycles. The third kappa shape index (κ3) is 11.6. The summed E-state index contributed by atoms with van der Waals surface area (Å²) in [6.45, 7) is 18.6. The molecule has 0 aliphatic carbocycles. The molecule has 6 rings (SSSR count). The molecular weight excluding hydrogens is 737 g/mol. The number of aliphatic imine (C=N–C) groups is 1. The summed E-state index contributed by atoms with van der Waals surface area (Å²) >= 11 is 0. The van der Waals surface area contributed by atoms with Gasteiger partial charge in [0.2, 0.25) is 10.0 Å². The quantitative estimate of drug-likeness (QED) is 0.0636. The molecule has 0 bridgehead atoms. The molecule has 57 heavy (non-hydrogen) atoms. The van der Waals surface area contributed by atoms with Crippen LogP contribution in [0, 0.1) is 6.92 Å². The topological polar surface area (TPSA) is 174 Å². The molecule has 6 N–H and O–H groups in total. The second-order valence-electron chi connectivity index (χ2n) is 16.7. The van der Waals surface area contributed by atoms with E-state index < -0.39 is 10.0 Å². The highest BCUT2D eigenvalue weighted by Crippen LogP contribution is 2.29. The Labute approximate surface area is 337 Å². The van der Waals surface area contributed by atoms with Crippen LogP contribution in [0.4, 0.5) is 0 Å². The van der Waals surface area contributed by atoms with E-state index in [-0.39, 0.29) is 28.5 Å². The van der Waals surface area contributed by atoms with Crippen LogP contribution < -0.4 is 22.5 Å². The number of aromatic nitrogens is 3. The fourth-order valence-corrected chi connectivity index (χ4v) is 8.27. The zero-order valence-electron chi connectivity index (χ0n) is 34.5. The van der Waals surface area contributed by atoms with E-state index in [2.05, 4.69) is 67.9 Å². The van der Waals surface area contributed by atoms with Crippen molar-refractivity contribution < 1.29 is 13.2 Å². The minimum absolute atomic E-state index is 0.0101. The van der Waals surface area contributed by atoms with Crippen molar-refractivity contribution in [1.29, 1.82) is 0 Å². The van der Waals surface area contributed by atoms with Gasteiger partial charge in [0.15, 0.2) is 5.96 Å². The van der Waals surface area contributed by atoms with Gasteiger partial charge in [-0.3, -0.25) is 9.56 Å². The van der Waals surface area contributed by atoms with Gasteiger partial charge in [-0.25, -0.2) is 13.2 Å². The summed E-state index contributed by atoms with van der Waals surface area (Å²) < 4.78 is 35.9. The smallest absolute Gasteiger partial charge is 0.354 e. The number of nitrogens with zero attached hydrogens (tertiary/aromatic N) is 4. The number of rotatable bonds is 12. The van der Waals surface area contributed by atoms with Gasteiger partial charge in [-0.1, -0.05) is 90.1 Å². The maximum Gasteiger partial charge on any atom is 0.354 e. The number of hydrogen-bond donors (Lipinski definition) is 4. The Bertz CT molecular complexity index is 2270. The number of guanidine groups is 1. The lowest BCUT2D eigenvalue weighted by Crippen LogP contribution is -2.43. The monoisotopic (exact) mass is 796 g/mol. The number of H-pyrrole nitrogens is 1. The molecule has 1 fully saturated rings. The van der Waals surface area contributed by atoms with Gasteiger partial charge >= 0.3 is 5.69 Å².